The Hall–Kier alpha value is -3.32. The van der Waals surface area contributed by atoms with Gasteiger partial charge in [0, 0.05) is 12.1 Å². The molecule has 0 aliphatic carbocycles. The van der Waals surface area contributed by atoms with Crippen molar-refractivity contribution in [2.75, 3.05) is 11.9 Å². The van der Waals surface area contributed by atoms with Gasteiger partial charge in [0.05, 0.1) is 17.8 Å². The number of nitrogens with one attached hydrogen (secondary N) is 1. The van der Waals surface area contributed by atoms with Gasteiger partial charge in [-0.15, -0.1) is 0 Å². The van der Waals surface area contributed by atoms with Crippen molar-refractivity contribution >= 4 is 29.2 Å². The maximum absolute atomic E-state index is 12.8. The summed E-state index contributed by atoms with van der Waals surface area (Å²) in [5.74, 6) is -1.18. The average Bonchev–Trinajstić information content (AvgIpc) is 2.92. The van der Waals surface area contributed by atoms with Crippen molar-refractivity contribution < 1.29 is 14.3 Å². The molecule has 1 N–H and O–H groups in total. The van der Waals surface area contributed by atoms with E-state index in [1.807, 2.05) is 18.2 Å². The second-order valence-corrected chi connectivity index (χ2v) is 6.82. The van der Waals surface area contributed by atoms with Gasteiger partial charge in [-0.1, -0.05) is 48.0 Å². The number of benzene rings is 2. The maximum Gasteiger partial charge on any atom is 0.310 e. The summed E-state index contributed by atoms with van der Waals surface area (Å²) >= 11 is 6.01. The zero-order valence-electron chi connectivity index (χ0n) is 16.0. The first-order chi connectivity index (χ1) is 13.9. The Morgan fingerprint density at radius 2 is 1.72 bits per heavy atom. The van der Waals surface area contributed by atoms with Crippen LogP contribution in [0.25, 0.3) is 5.69 Å². The lowest BCUT2D eigenvalue weighted by molar-refractivity contribution is -0.146. The minimum Gasteiger partial charge on any atom is -0.455 e. The van der Waals surface area contributed by atoms with E-state index in [4.69, 9.17) is 16.3 Å². The number of para-hydroxylation sites is 1. The molecule has 7 nitrogen and oxygen atoms in total. The van der Waals surface area contributed by atoms with Crippen molar-refractivity contribution in [3.05, 3.63) is 81.2 Å². The largest absolute Gasteiger partial charge is 0.455 e. The van der Waals surface area contributed by atoms with Crippen molar-refractivity contribution in [3.8, 4) is 5.69 Å². The Kier molecular flexibility index (Phi) is 6.19. The third kappa shape index (κ3) is 4.57. The zero-order valence-corrected chi connectivity index (χ0v) is 16.8. The molecule has 0 spiro atoms. The van der Waals surface area contributed by atoms with Crippen LogP contribution in [-0.2, 0) is 27.8 Å². The number of anilines is 1. The van der Waals surface area contributed by atoms with Gasteiger partial charge in [0.1, 0.15) is 5.69 Å². The molecule has 1 aromatic heterocycles. The van der Waals surface area contributed by atoms with Crippen molar-refractivity contribution in [2.24, 2.45) is 7.05 Å². The molecular formula is C21H20ClN3O4. The fraction of sp³-hybridized carbons (Fsp3) is 0.190. The van der Waals surface area contributed by atoms with Crippen molar-refractivity contribution in [1.29, 1.82) is 0 Å². The minimum atomic E-state index is -0.594. The maximum atomic E-state index is 12.8. The van der Waals surface area contributed by atoms with Crippen LogP contribution in [-0.4, -0.2) is 27.8 Å². The summed E-state index contributed by atoms with van der Waals surface area (Å²) in [7, 11) is 1.73. The van der Waals surface area contributed by atoms with Gasteiger partial charge in [0.2, 0.25) is 0 Å². The third-order valence-electron chi connectivity index (χ3n) is 4.48. The molecule has 8 heteroatoms. The molecule has 0 bridgehead atoms. The van der Waals surface area contributed by atoms with Gasteiger partial charge in [0.15, 0.2) is 6.61 Å². The predicted octanol–water partition coefficient (Wildman–Crippen LogP) is 2.86. The van der Waals surface area contributed by atoms with Crippen LogP contribution in [0.15, 0.2) is 59.4 Å². The number of halogens is 1. The summed E-state index contributed by atoms with van der Waals surface area (Å²) in [6.45, 7) is 1.22. The molecule has 150 valence electrons. The van der Waals surface area contributed by atoms with E-state index in [-0.39, 0.29) is 17.7 Å². The number of amides is 1. The minimum absolute atomic E-state index is 0.0435. The number of esters is 1. The average molecular weight is 414 g/mol. The van der Waals surface area contributed by atoms with E-state index >= 15 is 0 Å². The molecule has 0 fully saturated rings. The standard InChI is InChI=1S/C21H20ClN3O4/c1-14-20(21(28)25(24(14)2)16-9-4-3-5-10-16)23-18(26)13-29-19(27)12-15-8-6-7-11-17(15)22/h3-11H,12-13H2,1-2H3,(H,23,26). The smallest absolute Gasteiger partial charge is 0.310 e. The van der Waals surface area contributed by atoms with Crippen LogP contribution in [0.1, 0.15) is 11.3 Å². The highest BCUT2D eigenvalue weighted by Crippen LogP contribution is 2.16. The van der Waals surface area contributed by atoms with Crippen LogP contribution in [0.2, 0.25) is 5.02 Å². The lowest BCUT2D eigenvalue weighted by Gasteiger charge is -2.07. The lowest BCUT2D eigenvalue weighted by Crippen LogP contribution is -2.26. The van der Waals surface area contributed by atoms with Crippen LogP contribution in [0.5, 0.6) is 0 Å². The molecule has 0 saturated carbocycles. The summed E-state index contributed by atoms with van der Waals surface area (Å²) in [5, 5.41) is 3.00. The molecule has 3 aromatic rings. The molecule has 0 aliphatic rings. The van der Waals surface area contributed by atoms with Crippen molar-refractivity contribution in [1.82, 2.24) is 9.36 Å². The Balaban J connectivity index is 1.66. The van der Waals surface area contributed by atoms with Gasteiger partial charge >= 0.3 is 5.97 Å². The van der Waals surface area contributed by atoms with E-state index in [1.165, 1.54) is 4.68 Å². The van der Waals surface area contributed by atoms with Gasteiger partial charge in [-0.25, -0.2) is 4.68 Å². The summed E-state index contributed by atoms with van der Waals surface area (Å²) < 4.78 is 8.11. The molecule has 3 rings (SSSR count). The molecule has 29 heavy (non-hydrogen) atoms. The molecular weight excluding hydrogens is 394 g/mol. The number of hydrogen-bond donors (Lipinski definition) is 1. The molecule has 1 heterocycles. The second kappa shape index (κ2) is 8.79. The predicted molar refractivity (Wildman–Crippen MR) is 110 cm³/mol. The first-order valence-electron chi connectivity index (χ1n) is 8.91. The monoisotopic (exact) mass is 413 g/mol. The number of aromatic nitrogens is 2. The number of carbonyl (C=O) groups is 2. The van der Waals surface area contributed by atoms with Crippen LogP contribution >= 0.6 is 11.6 Å². The lowest BCUT2D eigenvalue weighted by atomic mass is 10.1. The van der Waals surface area contributed by atoms with Crippen LogP contribution in [0.4, 0.5) is 5.69 Å². The van der Waals surface area contributed by atoms with Crippen LogP contribution in [0.3, 0.4) is 0 Å². The fourth-order valence-electron chi connectivity index (χ4n) is 2.88. The topological polar surface area (TPSA) is 82.3 Å². The molecule has 0 aliphatic heterocycles. The first kappa shape index (κ1) is 20.4. The summed E-state index contributed by atoms with van der Waals surface area (Å²) in [6.07, 6.45) is -0.0435. The molecule has 0 radical (unpaired) electrons. The van der Waals surface area contributed by atoms with E-state index in [0.717, 1.165) is 0 Å². The van der Waals surface area contributed by atoms with E-state index in [2.05, 4.69) is 5.32 Å². The fourth-order valence-corrected chi connectivity index (χ4v) is 3.08. The number of rotatable bonds is 6. The van der Waals surface area contributed by atoms with Gasteiger partial charge in [0.25, 0.3) is 11.5 Å². The Bertz CT molecular complexity index is 1100. The molecule has 0 unspecified atom stereocenters. The molecule has 2 aromatic carbocycles. The first-order valence-corrected chi connectivity index (χ1v) is 9.29. The highest BCUT2D eigenvalue weighted by atomic mass is 35.5. The molecule has 1 amide bonds. The van der Waals surface area contributed by atoms with Gasteiger partial charge < -0.3 is 10.1 Å². The van der Waals surface area contributed by atoms with E-state index < -0.39 is 18.5 Å². The molecule has 0 saturated heterocycles. The van der Waals surface area contributed by atoms with Crippen molar-refractivity contribution in [3.63, 3.8) is 0 Å². The Morgan fingerprint density at radius 3 is 2.41 bits per heavy atom. The van der Waals surface area contributed by atoms with Crippen molar-refractivity contribution in [2.45, 2.75) is 13.3 Å². The number of hydrogen-bond acceptors (Lipinski definition) is 4. The third-order valence-corrected chi connectivity index (χ3v) is 4.84. The SMILES string of the molecule is Cc1c(NC(=O)COC(=O)Cc2ccccc2Cl)c(=O)n(-c2ccccc2)n1C. The quantitative estimate of drug-likeness (QED) is 0.630. The zero-order chi connectivity index (χ0) is 21.0. The second-order valence-electron chi connectivity index (χ2n) is 6.41. The van der Waals surface area contributed by atoms with Gasteiger partial charge in [-0.2, -0.15) is 0 Å². The van der Waals surface area contributed by atoms with E-state index in [1.54, 1.807) is 55.1 Å². The highest BCUT2D eigenvalue weighted by Gasteiger charge is 2.19. The number of carbonyl (C=O) groups excluding carboxylic acids is 2. The van der Waals surface area contributed by atoms with Crippen LogP contribution < -0.4 is 10.9 Å². The summed E-state index contributed by atoms with van der Waals surface area (Å²) in [5.41, 5.74) is 1.64. The summed E-state index contributed by atoms with van der Waals surface area (Å²) in [4.78, 5) is 37.0. The number of ether oxygens (including phenoxy) is 1. The van der Waals surface area contributed by atoms with E-state index in [9.17, 15) is 14.4 Å². The summed E-state index contributed by atoms with van der Waals surface area (Å²) in [6, 6.07) is 16.0. The normalized spacial score (nSPS) is 10.6. The van der Waals surface area contributed by atoms with Gasteiger partial charge in [-0.05, 0) is 30.7 Å². The Morgan fingerprint density at radius 1 is 1.07 bits per heavy atom. The van der Waals surface area contributed by atoms with Crippen LogP contribution in [0, 0.1) is 6.92 Å². The highest BCUT2D eigenvalue weighted by molar-refractivity contribution is 6.31. The van der Waals surface area contributed by atoms with E-state index in [0.29, 0.717) is 22.0 Å². The number of nitrogens with zero attached hydrogens (tertiary/aromatic N) is 2. The molecule has 0 atom stereocenters. The Labute approximate surface area is 172 Å². The van der Waals surface area contributed by atoms with Gasteiger partial charge in [-0.3, -0.25) is 19.1 Å².